The van der Waals surface area contributed by atoms with Crippen LogP contribution >= 0.6 is 0 Å². The van der Waals surface area contributed by atoms with Crippen LogP contribution in [0.1, 0.15) is 0 Å². The van der Waals surface area contributed by atoms with Crippen LogP contribution in [0.5, 0.6) is 0 Å². The van der Waals surface area contributed by atoms with Crippen LogP contribution in [-0.4, -0.2) is 73.4 Å². The Kier molecular flexibility index (Phi) is 136. The summed E-state index contributed by atoms with van der Waals surface area (Å²) in [6.45, 7) is 0. The molecule has 0 aromatic carbocycles. The van der Waals surface area contributed by atoms with Crippen molar-refractivity contribution in [1.82, 2.24) is 0 Å². The predicted octanol–water partition coefficient (Wildman–Crippen LogP) is -7.77. The van der Waals surface area contributed by atoms with E-state index in [0.29, 0.717) is 0 Å². The fourth-order valence-electron chi connectivity index (χ4n) is 0. The summed E-state index contributed by atoms with van der Waals surface area (Å²) < 4.78 is 65.7. The third-order valence-electron chi connectivity index (χ3n) is 0. The molecule has 120 valence electrons. The first kappa shape index (κ1) is 80.8. The topological polar surface area (TPSA) is 375 Å². The van der Waals surface area contributed by atoms with Crippen LogP contribution in [0.4, 0.5) is 0 Å². The van der Waals surface area contributed by atoms with Crippen LogP contribution < -0.4 is 0 Å². The zero-order valence-electron chi connectivity index (χ0n) is 8.37. The Bertz CT molecular complexity index is 211. The van der Waals surface area contributed by atoms with Crippen molar-refractivity contribution in [3.8, 4) is 0 Å². The van der Waals surface area contributed by atoms with E-state index in [2.05, 4.69) is 0 Å². The minimum absolute atomic E-state index is 0. The Hall–Kier alpha value is 0.0834. The van der Waals surface area contributed by atoms with E-state index < -0.39 is 20.8 Å². The van der Waals surface area contributed by atoms with Gasteiger partial charge in [-0.3, -0.25) is 17.5 Å². The van der Waals surface area contributed by atoms with E-state index >= 15 is 0 Å². The largest absolute Gasteiger partial charge is 2.00 e. The average Bonchev–Trinajstić information content (AvgIpc) is 1.12. The standard InChI is InChI=1S/2H2O4S.7H2O.Zn/c2*1-5(2,3)4;;;;;;;;/h2*(H2,1,2,3,4);7*1H2;/q;;;;;;;;;+2/p-2. The summed E-state index contributed by atoms with van der Waals surface area (Å²) in [5.74, 6) is 0. The predicted molar refractivity (Wildman–Crippen MR) is 49.9 cm³/mol. The van der Waals surface area contributed by atoms with Crippen LogP contribution in [0, 0.1) is 0 Å². The molecule has 0 rings (SSSR count). The number of rotatable bonds is 0. The molecule has 0 amide bonds. The van der Waals surface area contributed by atoms with Gasteiger partial charge in [0.15, 0.2) is 0 Å². The molecule has 0 aromatic rings. The van der Waals surface area contributed by atoms with Gasteiger partial charge in [-0.15, -0.1) is 0 Å². The van der Waals surface area contributed by atoms with Crippen molar-refractivity contribution in [2.45, 2.75) is 0 Å². The van der Waals surface area contributed by atoms with Gasteiger partial charge in [0.2, 0.25) is 0 Å². The van der Waals surface area contributed by atoms with Crippen molar-refractivity contribution in [3.05, 3.63) is 0 Å². The summed E-state index contributed by atoms with van der Waals surface area (Å²) >= 11 is 0. The van der Waals surface area contributed by atoms with E-state index in [1.807, 2.05) is 0 Å². The second-order valence-electron chi connectivity index (χ2n) is 0.856. The molecule has 0 aliphatic heterocycles. The monoisotopic (exact) mass is 384 g/mol. The smallest absolute Gasteiger partial charge is 0.759 e. The Balaban J connectivity index is -0.00000000615. The van der Waals surface area contributed by atoms with Crippen molar-refractivity contribution >= 4 is 20.8 Å². The SMILES string of the molecule is O.O.O.O.O.O.O.O=S(=O)(O)O.O=S(=O)([O-])[O-].[Zn+2]. The van der Waals surface area contributed by atoms with Crippen LogP contribution in [0.25, 0.3) is 0 Å². The summed E-state index contributed by atoms with van der Waals surface area (Å²) in [4.78, 5) is 0. The molecule has 0 aliphatic rings. The normalized spacial score (nSPS) is 6.44. The molecule has 0 heterocycles. The summed E-state index contributed by atoms with van der Waals surface area (Å²) in [6.07, 6.45) is 0. The summed E-state index contributed by atoms with van der Waals surface area (Å²) in [5.41, 5.74) is 0. The fourth-order valence-corrected chi connectivity index (χ4v) is 0. The first-order valence-electron chi connectivity index (χ1n) is 1.37. The minimum atomic E-state index is -5.17. The van der Waals surface area contributed by atoms with Crippen molar-refractivity contribution in [1.29, 1.82) is 0 Å². The maximum Gasteiger partial charge on any atom is 2.00 e. The molecule has 0 radical (unpaired) electrons. The second-order valence-corrected chi connectivity index (χ2v) is 2.57. The summed E-state index contributed by atoms with van der Waals surface area (Å²) in [5, 5.41) is 0. The fraction of sp³-hybridized carbons (Fsp3) is 0. The van der Waals surface area contributed by atoms with Gasteiger partial charge >= 0.3 is 29.9 Å². The zero-order valence-corrected chi connectivity index (χ0v) is 13.0. The Labute approximate surface area is 114 Å². The van der Waals surface area contributed by atoms with Gasteiger partial charge in [0.1, 0.15) is 0 Å². The molecular formula is H16O15S2Zn. The van der Waals surface area contributed by atoms with Gasteiger partial charge in [-0.2, -0.15) is 8.42 Å². The van der Waals surface area contributed by atoms with E-state index in [-0.39, 0.29) is 57.8 Å². The molecule has 15 nitrogen and oxygen atoms in total. The van der Waals surface area contributed by atoms with Gasteiger partial charge < -0.3 is 47.4 Å². The van der Waals surface area contributed by atoms with Crippen molar-refractivity contribution < 1.29 is 92.9 Å². The van der Waals surface area contributed by atoms with Crippen LogP contribution in [0.3, 0.4) is 0 Å². The van der Waals surface area contributed by atoms with Crippen molar-refractivity contribution in [2.24, 2.45) is 0 Å². The van der Waals surface area contributed by atoms with Gasteiger partial charge in [-0.25, -0.2) is 0 Å². The molecule has 0 fully saturated rings. The zero-order chi connectivity index (χ0) is 9.00. The molecule has 0 saturated carbocycles. The van der Waals surface area contributed by atoms with Gasteiger partial charge in [0.25, 0.3) is 0 Å². The third-order valence-corrected chi connectivity index (χ3v) is 0. The summed E-state index contributed by atoms with van der Waals surface area (Å²) in [6, 6.07) is 0. The number of hydrogen-bond donors (Lipinski definition) is 2. The molecule has 0 aromatic heterocycles. The number of hydrogen-bond acceptors (Lipinski definition) is 6. The van der Waals surface area contributed by atoms with Crippen LogP contribution in [0.15, 0.2) is 0 Å². The third kappa shape index (κ3) is 526000. The van der Waals surface area contributed by atoms with Gasteiger partial charge in [-0.05, 0) is 0 Å². The maximum absolute atomic E-state index is 8.74. The van der Waals surface area contributed by atoms with Gasteiger partial charge in [0.05, 0.1) is 0 Å². The molecule has 0 spiro atoms. The Morgan fingerprint density at radius 1 is 0.611 bits per heavy atom. The molecule has 0 atom stereocenters. The van der Waals surface area contributed by atoms with E-state index in [1.165, 1.54) is 0 Å². The van der Waals surface area contributed by atoms with Crippen LogP contribution in [-0.2, 0) is 40.3 Å². The van der Waals surface area contributed by atoms with E-state index in [4.69, 9.17) is 35.0 Å². The molecule has 18 heteroatoms. The van der Waals surface area contributed by atoms with Gasteiger partial charge in [-0.1, -0.05) is 0 Å². The molecule has 16 N–H and O–H groups in total. The first-order chi connectivity index (χ1) is 4.00. The maximum atomic E-state index is 8.74. The van der Waals surface area contributed by atoms with Gasteiger partial charge in [0, 0.05) is 10.4 Å². The van der Waals surface area contributed by atoms with E-state index in [1.54, 1.807) is 0 Å². The Morgan fingerprint density at radius 3 is 0.611 bits per heavy atom. The van der Waals surface area contributed by atoms with Crippen molar-refractivity contribution in [3.63, 3.8) is 0 Å². The Morgan fingerprint density at radius 2 is 0.611 bits per heavy atom. The molecule has 18 heavy (non-hydrogen) atoms. The molecule has 0 unspecified atom stereocenters. The van der Waals surface area contributed by atoms with Crippen LogP contribution in [0.2, 0.25) is 0 Å². The summed E-state index contributed by atoms with van der Waals surface area (Å²) in [7, 11) is -9.83. The molecule has 0 saturated heterocycles. The minimum Gasteiger partial charge on any atom is -0.759 e. The first-order valence-corrected chi connectivity index (χ1v) is 4.10. The van der Waals surface area contributed by atoms with E-state index in [9.17, 15) is 0 Å². The average molecular weight is 386 g/mol. The molecule has 0 aliphatic carbocycles. The quantitative estimate of drug-likeness (QED) is 0.228. The van der Waals surface area contributed by atoms with E-state index in [0.717, 1.165) is 0 Å². The second kappa shape index (κ2) is 30.3. The molecule has 0 bridgehead atoms. The van der Waals surface area contributed by atoms with Crippen molar-refractivity contribution in [2.75, 3.05) is 0 Å². The molecular weight excluding hydrogens is 370 g/mol.